The predicted molar refractivity (Wildman–Crippen MR) is 214 cm³/mol. The fourth-order valence-electron chi connectivity index (χ4n) is 5.90. The Labute approximate surface area is 357 Å². The second-order valence-corrected chi connectivity index (χ2v) is 16.1. The monoisotopic (exact) mass is 822 g/mol. The number of para-hydroxylation sites is 2. The Bertz CT molecular complexity index is 1780. The number of aromatic hydroxyl groups is 1. The summed E-state index contributed by atoms with van der Waals surface area (Å²) in [6.07, 6.45) is 16.6. The van der Waals surface area contributed by atoms with Crippen molar-refractivity contribution in [2.24, 2.45) is 0 Å². The number of rotatable bonds is 22. The van der Waals surface area contributed by atoms with Crippen LogP contribution in [0, 0.1) is 0 Å². The van der Waals surface area contributed by atoms with Crippen molar-refractivity contribution in [1.29, 1.82) is 0 Å². The number of phenolic OH excluding ortho intramolecular Hbond substituents is 1. The Morgan fingerprint density at radius 2 is 0.964 bits per heavy atom. The molecule has 0 saturated carbocycles. The molecule has 0 radical (unpaired) electrons. The third kappa shape index (κ3) is 17.9. The van der Waals surface area contributed by atoms with Crippen LogP contribution in [0.5, 0.6) is 34.5 Å². The molecule has 0 bridgehead atoms. The maximum absolute atomic E-state index is 12.3. The summed E-state index contributed by atoms with van der Waals surface area (Å²) >= 11 is 0. The molecule has 55 heavy (non-hydrogen) atoms. The summed E-state index contributed by atoms with van der Waals surface area (Å²) in [6, 6.07) is 21.9. The summed E-state index contributed by atoms with van der Waals surface area (Å²) in [5.41, 5.74) is 0.843. The third-order valence-electron chi connectivity index (χ3n) is 8.86. The number of benzene rings is 4. The molecule has 0 aliphatic carbocycles. The van der Waals surface area contributed by atoms with Crippen molar-refractivity contribution in [2.45, 2.75) is 126 Å². The van der Waals surface area contributed by atoms with Crippen molar-refractivity contribution in [3.8, 4) is 34.5 Å². The summed E-state index contributed by atoms with van der Waals surface area (Å²) < 4.78 is 79.1. The van der Waals surface area contributed by atoms with Gasteiger partial charge in [-0.25, -0.2) is 8.42 Å². The standard InChI is InChI=1S/2C21H28O5S.Ca/c2*1-2-3-4-5-6-7-9-12-17-15-21(27(23,24)25)20(16-19(17)22)26-18-13-10-8-11-14-18;/h2*8,10-11,13-16,22H,2-7,9,12H2,1H3,(H,23,24,25);/q;;+2/p-2. The van der Waals surface area contributed by atoms with Crippen LogP contribution in [0.1, 0.15) is 115 Å². The van der Waals surface area contributed by atoms with Crippen LogP contribution < -0.4 is 14.6 Å². The number of aryl methyl sites for hydroxylation is 2. The zero-order chi connectivity index (χ0) is 39.4. The minimum absolute atomic E-state index is 0. The molecule has 0 fully saturated rings. The van der Waals surface area contributed by atoms with Crippen molar-refractivity contribution < 1.29 is 45.6 Å². The molecule has 0 spiro atoms. The molecule has 0 aliphatic heterocycles. The normalized spacial score (nSPS) is 11.3. The van der Waals surface area contributed by atoms with E-state index >= 15 is 0 Å². The van der Waals surface area contributed by atoms with Gasteiger partial charge in [0.2, 0.25) is 0 Å². The smallest absolute Gasteiger partial charge is 0.872 e. The third-order valence-corrected chi connectivity index (χ3v) is 10.6. The van der Waals surface area contributed by atoms with Crippen LogP contribution >= 0.6 is 0 Å². The van der Waals surface area contributed by atoms with Crippen molar-refractivity contribution in [1.82, 2.24) is 0 Å². The van der Waals surface area contributed by atoms with Gasteiger partial charge in [0.15, 0.2) is 5.75 Å². The second-order valence-electron chi connectivity index (χ2n) is 13.3. The summed E-state index contributed by atoms with van der Waals surface area (Å²) in [7, 11) is -9.23. The Hall–Kier alpha value is -2.84. The van der Waals surface area contributed by atoms with Crippen LogP contribution in [0.3, 0.4) is 0 Å². The van der Waals surface area contributed by atoms with Gasteiger partial charge in [-0.1, -0.05) is 133 Å². The first-order valence-electron chi connectivity index (χ1n) is 18.9. The van der Waals surface area contributed by atoms with Crippen molar-refractivity contribution >= 4 is 58.0 Å². The van der Waals surface area contributed by atoms with E-state index in [0.717, 1.165) is 44.6 Å². The van der Waals surface area contributed by atoms with E-state index in [1.807, 2.05) is 0 Å². The Morgan fingerprint density at radius 1 is 0.564 bits per heavy atom. The maximum atomic E-state index is 12.3. The van der Waals surface area contributed by atoms with Crippen molar-refractivity contribution in [3.05, 3.63) is 96.1 Å². The molecule has 296 valence electrons. The molecule has 4 aromatic carbocycles. The Morgan fingerprint density at radius 3 is 1.40 bits per heavy atom. The van der Waals surface area contributed by atoms with Crippen LogP contribution in [0.15, 0.2) is 94.7 Å². The fraction of sp³-hybridized carbons (Fsp3) is 0.429. The minimum atomic E-state index is -4.75. The Balaban J connectivity index is 0.000000373. The van der Waals surface area contributed by atoms with E-state index in [1.54, 1.807) is 60.7 Å². The summed E-state index contributed by atoms with van der Waals surface area (Å²) in [6.45, 7) is 4.35. The van der Waals surface area contributed by atoms with Gasteiger partial charge in [-0.3, -0.25) is 4.55 Å². The van der Waals surface area contributed by atoms with E-state index in [0.29, 0.717) is 35.5 Å². The predicted octanol–water partition coefficient (Wildman–Crippen LogP) is 10.1. The molecule has 13 heteroatoms. The van der Waals surface area contributed by atoms with Gasteiger partial charge < -0.3 is 24.2 Å². The quantitative estimate of drug-likeness (QED) is 0.0441. The second kappa shape index (κ2) is 25.4. The largest absolute Gasteiger partial charge is 2.00 e. The first-order valence-corrected chi connectivity index (χ1v) is 21.8. The molecule has 0 amide bonds. The number of hydrogen-bond acceptors (Lipinski definition) is 9. The van der Waals surface area contributed by atoms with E-state index < -0.39 is 25.1 Å². The zero-order valence-corrected chi connectivity index (χ0v) is 35.9. The first-order chi connectivity index (χ1) is 25.8. The van der Waals surface area contributed by atoms with Gasteiger partial charge in [-0.15, -0.1) is 5.75 Å². The van der Waals surface area contributed by atoms with Crippen LogP contribution in [-0.4, -0.2) is 68.8 Å². The molecule has 0 aliphatic rings. The first kappa shape index (κ1) is 48.3. The van der Waals surface area contributed by atoms with E-state index in [1.165, 1.54) is 69.6 Å². The van der Waals surface area contributed by atoms with Crippen molar-refractivity contribution in [3.63, 3.8) is 0 Å². The minimum Gasteiger partial charge on any atom is -0.872 e. The van der Waals surface area contributed by atoms with Crippen LogP contribution in [-0.2, 0) is 33.1 Å². The average molecular weight is 823 g/mol. The van der Waals surface area contributed by atoms with Crippen LogP contribution in [0.2, 0.25) is 0 Å². The number of unbranched alkanes of at least 4 members (excludes halogenated alkanes) is 12. The summed E-state index contributed by atoms with van der Waals surface area (Å²) in [4.78, 5) is -0.814. The molecule has 2 N–H and O–H groups in total. The van der Waals surface area contributed by atoms with Gasteiger partial charge in [0.25, 0.3) is 10.1 Å². The van der Waals surface area contributed by atoms with E-state index in [4.69, 9.17) is 9.47 Å². The van der Waals surface area contributed by atoms with Gasteiger partial charge in [0, 0.05) is 6.07 Å². The van der Waals surface area contributed by atoms with Crippen LogP contribution in [0.4, 0.5) is 0 Å². The zero-order valence-electron chi connectivity index (χ0n) is 32.1. The molecule has 4 aromatic rings. The summed E-state index contributed by atoms with van der Waals surface area (Å²) in [5.74, 6) is 0.135. The molecule has 4 rings (SSSR count). The summed E-state index contributed by atoms with van der Waals surface area (Å²) in [5, 5.41) is 22.6. The molecule has 0 heterocycles. The fourth-order valence-corrected chi connectivity index (χ4v) is 7.18. The number of ether oxygens (including phenoxy) is 2. The molecular formula is C42H54CaO10S2. The maximum Gasteiger partial charge on any atom is 2.00 e. The molecule has 0 aromatic heterocycles. The van der Waals surface area contributed by atoms with E-state index in [2.05, 4.69) is 13.8 Å². The van der Waals surface area contributed by atoms with Gasteiger partial charge >= 0.3 is 37.7 Å². The molecule has 10 nitrogen and oxygen atoms in total. The van der Waals surface area contributed by atoms with Crippen molar-refractivity contribution in [2.75, 3.05) is 0 Å². The molecule has 0 saturated heterocycles. The van der Waals surface area contributed by atoms with E-state index in [9.17, 15) is 36.2 Å². The Kier molecular flexibility index (Phi) is 22.3. The van der Waals surface area contributed by atoms with E-state index in [-0.39, 0.29) is 65.6 Å². The average Bonchev–Trinajstić information content (AvgIpc) is 3.12. The molecule has 0 unspecified atom stereocenters. The number of phenols is 1. The van der Waals surface area contributed by atoms with Gasteiger partial charge in [0.1, 0.15) is 38.0 Å². The van der Waals surface area contributed by atoms with Crippen LogP contribution in [0.25, 0.3) is 0 Å². The van der Waals surface area contributed by atoms with Gasteiger partial charge in [0.05, 0.1) is 4.90 Å². The topological polar surface area (TPSA) is 173 Å². The molecule has 0 atom stereocenters. The SMILES string of the molecule is CCCCCCCCCc1cc(S(=O)(=O)O)c(Oc2ccccc2)cc1O.CCCCCCCCCc1cc(S(=O)(=O)[O-])c(Oc2ccccc2)cc1[O-].[Ca+2]. The van der Waals surface area contributed by atoms with Gasteiger partial charge in [-0.05, 0) is 73.7 Å². The molecular weight excluding hydrogens is 769 g/mol. The number of hydrogen-bond donors (Lipinski definition) is 2. The van der Waals surface area contributed by atoms with Gasteiger partial charge in [-0.2, -0.15) is 8.42 Å².